The Labute approximate surface area is 314 Å². The summed E-state index contributed by atoms with van der Waals surface area (Å²) in [6, 6.07) is 11.2. The van der Waals surface area contributed by atoms with Crippen molar-refractivity contribution in [1.82, 2.24) is 19.6 Å². The van der Waals surface area contributed by atoms with E-state index in [4.69, 9.17) is 14.2 Å². The number of amides is 4. The van der Waals surface area contributed by atoms with E-state index in [9.17, 15) is 24.3 Å². The van der Waals surface area contributed by atoms with Crippen molar-refractivity contribution in [1.29, 1.82) is 0 Å². The minimum absolute atomic E-state index is 0.0219. The summed E-state index contributed by atoms with van der Waals surface area (Å²) in [5.41, 5.74) is 2.64. The molecular weight excluding hydrogens is 790 g/mol. The van der Waals surface area contributed by atoms with Gasteiger partial charge in [-0.3, -0.25) is 9.69 Å². The van der Waals surface area contributed by atoms with E-state index < -0.39 is 18.4 Å². The summed E-state index contributed by atoms with van der Waals surface area (Å²) in [7, 11) is 1.30. The van der Waals surface area contributed by atoms with Crippen molar-refractivity contribution >= 4 is 61.7 Å². The topological polar surface area (TPSA) is 141 Å². The molecule has 51 heavy (non-hydrogen) atoms. The van der Waals surface area contributed by atoms with Gasteiger partial charge in [0.15, 0.2) is 12.3 Å². The Hall–Kier alpha value is -3.56. The number of nitrogens with one attached hydrogen (secondary N) is 1. The minimum Gasteiger partial charge on any atom is -0.506 e. The van der Waals surface area contributed by atoms with Gasteiger partial charge < -0.3 is 39.3 Å². The third-order valence-corrected chi connectivity index (χ3v) is 11.7. The summed E-state index contributed by atoms with van der Waals surface area (Å²) in [4.78, 5) is 60.2. The third-order valence-electron chi connectivity index (χ3n) is 10.5. The summed E-state index contributed by atoms with van der Waals surface area (Å²) >= 11 is 6.74. The number of benzene rings is 2. The van der Waals surface area contributed by atoms with Crippen molar-refractivity contribution < 1.29 is 38.5 Å². The first-order chi connectivity index (χ1) is 24.6. The molecule has 6 rings (SSSR count). The van der Waals surface area contributed by atoms with Gasteiger partial charge >= 0.3 is 18.3 Å². The Balaban J connectivity index is 1.09. The summed E-state index contributed by atoms with van der Waals surface area (Å²) in [5.74, 6) is -0.239. The van der Waals surface area contributed by atoms with Gasteiger partial charge in [-0.25, -0.2) is 14.4 Å². The average molecular weight is 836 g/mol. The molecule has 0 spiro atoms. The summed E-state index contributed by atoms with van der Waals surface area (Å²) in [6.07, 6.45) is 3.44. The van der Waals surface area contributed by atoms with Crippen LogP contribution >= 0.6 is 31.9 Å². The minimum atomic E-state index is -1.09. The summed E-state index contributed by atoms with van der Waals surface area (Å²) < 4.78 is 17.2. The lowest BCUT2D eigenvalue weighted by Gasteiger charge is -2.44. The lowest BCUT2D eigenvalue weighted by Crippen LogP contribution is -2.55. The summed E-state index contributed by atoms with van der Waals surface area (Å²) in [5, 5.41) is 13.3. The van der Waals surface area contributed by atoms with Gasteiger partial charge in [-0.05, 0) is 113 Å². The molecule has 13 nitrogen and oxygen atoms in total. The SMILES string of the molecule is COC(=O)O[C@H]1CCCCN1C1CCN(C(=O)[C@@H](Cc2cc(Br)c(O)c(Br)c2)OC(=O)N2CCC(N3CCc4ccccc4NC3=O)CC2)CC1. The summed E-state index contributed by atoms with van der Waals surface area (Å²) in [6.45, 7) is 3.13. The van der Waals surface area contributed by atoms with Crippen LogP contribution < -0.4 is 5.32 Å². The molecule has 276 valence electrons. The number of anilines is 1. The molecule has 2 N–H and O–H groups in total. The van der Waals surface area contributed by atoms with Gasteiger partial charge in [0.25, 0.3) is 5.91 Å². The van der Waals surface area contributed by atoms with Crippen LogP contribution in [0.3, 0.4) is 0 Å². The van der Waals surface area contributed by atoms with Crippen molar-refractivity contribution in [2.75, 3.05) is 51.7 Å². The number of phenolic OH excluding ortho intramolecular Hbond substituents is 1. The van der Waals surface area contributed by atoms with Crippen molar-refractivity contribution in [2.45, 2.75) is 82.2 Å². The molecule has 3 saturated heterocycles. The number of aromatic hydroxyl groups is 1. The number of fused-ring (bicyclic) bond motifs is 1. The zero-order valence-corrected chi connectivity index (χ0v) is 31.9. The molecule has 4 aliphatic rings. The number of piperidine rings is 3. The van der Waals surface area contributed by atoms with E-state index in [0.717, 1.165) is 43.5 Å². The van der Waals surface area contributed by atoms with Crippen LogP contribution in [0.15, 0.2) is 45.3 Å². The number of rotatable bonds is 7. The van der Waals surface area contributed by atoms with Crippen LogP contribution in [-0.2, 0) is 31.8 Å². The molecule has 15 heteroatoms. The number of ether oxygens (including phenoxy) is 3. The second-order valence-electron chi connectivity index (χ2n) is 13.6. The molecule has 0 unspecified atom stereocenters. The predicted molar refractivity (Wildman–Crippen MR) is 195 cm³/mol. The van der Waals surface area contributed by atoms with Gasteiger partial charge in [0.05, 0.1) is 16.1 Å². The maximum Gasteiger partial charge on any atom is 0.509 e. The Kier molecular flexibility index (Phi) is 12.3. The van der Waals surface area contributed by atoms with E-state index in [-0.39, 0.29) is 42.4 Å². The van der Waals surface area contributed by atoms with Crippen LogP contribution in [0.1, 0.15) is 56.1 Å². The Morgan fingerprint density at radius 1 is 0.902 bits per heavy atom. The largest absolute Gasteiger partial charge is 0.509 e. The number of likely N-dealkylation sites (tertiary alicyclic amines) is 3. The molecule has 0 aromatic heterocycles. The Bertz CT molecular complexity index is 1570. The Morgan fingerprint density at radius 3 is 2.27 bits per heavy atom. The number of nitrogens with zero attached hydrogens (tertiary/aromatic N) is 4. The van der Waals surface area contributed by atoms with Crippen LogP contribution in [0.2, 0.25) is 0 Å². The first-order valence-electron chi connectivity index (χ1n) is 17.7. The highest BCUT2D eigenvalue weighted by atomic mass is 79.9. The van der Waals surface area contributed by atoms with E-state index in [1.54, 1.807) is 21.9 Å². The molecule has 0 radical (unpaired) electrons. The van der Waals surface area contributed by atoms with Gasteiger partial charge in [0, 0.05) is 63.5 Å². The van der Waals surface area contributed by atoms with Crippen LogP contribution in [0.4, 0.5) is 20.1 Å². The van der Waals surface area contributed by atoms with E-state index in [2.05, 4.69) is 42.1 Å². The number of urea groups is 1. The Morgan fingerprint density at radius 2 is 1.57 bits per heavy atom. The van der Waals surface area contributed by atoms with E-state index in [1.165, 1.54) is 7.11 Å². The standard InChI is InChI=1S/C36H45Br2N5O8/c1-49-36(48)51-31-8-4-5-14-42(31)25-10-15-40(16-11-25)33(45)30(22-23-20-27(37)32(44)28(38)21-23)50-35(47)41-17-12-26(13-18-41)43-19-9-24-6-2-3-7-29(24)39-34(43)46/h2-3,6-7,20-21,25-26,30-31,44H,4-5,8-19,22H2,1H3,(H,39,46)/t30-,31+/m1/s1. The molecule has 0 bridgehead atoms. The number of hydrogen-bond acceptors (Lipinski definition) is 9. The van der Waals surface area contributed by atoms with Crippen molar-refractivity contribution in [3.63, 3.8) is 0 Å². The first kappa shape index (κ1) is 37.2. The van der Waals surface area contributed by atoms with Crippen LogP contribution in [0.5, 0.6) is 5.75 Å². The van der Waals surface area contributed by atoms with Crippen LogP contribution in [-0.4, -0.2) is 120 Å². The maximum atomic E-state index is 14.1. The second kappa shape index (κ2) is 16.8. The highest BCUT2D eigenvalue weighted by Gasteiger charge is 2.38. The average Bonchev–Trinajstić information content (AvgIpc) is 3.31. The van der Waals surface area contributed by atoms with Crippen molar-refractivity contribution in [3.8, 4) is 5.75 Å². The van der Waals surface area contributed by atoms with Crippen molar-refractivity contribution in [3.05, 3.63) is 56.5 Å². The maximum absolute atomic E-state index is 14.1. The molecule has 0 saturated carbocycles. The first-order valence-corrected chi connectivity index (χ1v) is 19.3. The number of hydrogen-bond donors (Lipinski definition) is 2. The number of carbonyl (C=O) groups excluding carboxylic acids is 4. The lowest BCUT2D eigenvalue weighted by atomic mass is 9.98. The van der Waals surface area contributed by atoms with Gasteiger partial charge in [-0.15, -0.1) is 0 Å². The molecule has 2 aromatic rings. The third kappa shape index (κ3) is 8.91. The monoisotopic (exact) mass is 833 g/mol. The molecule has 2 atom stereocenters. The smallest absolute Gasteiger partial charge is 0.506 e. The predicted octanol–water partition coefficient (Wildman–Crippen LogP) is 6.11. The fraction of sp³-hybridized carbons (Fsp3) is 0.556. The fourth-order valence-electron chi connectivity index (χ4n) is 7.67. The van der Waals surface area contributed by atoms with Crippen LogP contribution in [0.25, 0.3) is 0 Å². The van der Waals surface area contributed by atoms with E-state index in [0.29, 0.717) is 72.9 Å². The number of halogens is 2. The van der Waals surface area contributed by atoms with E-state index in [1.807, 2.05) is 29.2 Å². The number of phenols is 1. The molecule has 3 fully saturated rings. The number of para-hydroxylation sites is 1. The number of carbonyl (C=O) groups is 4. The highest BCUT2D eigenvalue weighted by molar-refractivity contribution is 9.11. The molecule has 4 heterocycles. The van der Waals surface area contributed by atoms with E-state index >= 15 is 0 Å². The molecule has 2 aromatic carbocycles. The fourth-order valence-corrected chi connectivity index (χ4v) is 8.95. The molecule has 0 aliphatic carbocycles. The highest BCUT2D eigenvalue weighted by Crippen LogP contribution is 2.34. The number of methoxy groups -OCH3 is 1. The zero-order valence-electron chi connectivity index (χ0n) is 28.7. The second-order valence-corrected chi connectivity index (χ2v) is 15.3. The van der Waals surface area contributed by atoms with Crippen LogP contribution in [0, 0.1) is 0 Å². The quantitative estimate of drug-likeness (QED) is 0.317. The van der Waals surface area contributed by atoms with Gasteiger partial charge in [-0.1, -0.05) is 18.2 Å². The normalized spacial score (nSPS) is 21.3. The zero-order chi connectivity index (χ0) is 36.1. The lowest BCUT2D eigenvalue weighted by molar-refractivity contribution is -0.144. The molecule has 4 aliphatic heterocycles. The van der Waals surface area contributed by atoms with Crippen molar-refractivity contribution in [2.24, 2.45) is 0 Å². The van der Waals surface area contributed by atoms with Gasteiger partial charge in [-0.2, -0.15) is 0 Å². The molecular formula is C36H45Br2N5O8. The van der Waals surface area contributed by atoms with Gasteiger partial charge in [0.1, 0.15) is 5.75 Å². The van der Waals surface area contributed by atoms with Gasteiger partial charge in [0.2, 0.25) is 0 Å². The molecule has 4 amide bonds.